The van der Waals surface area contributed by atoms with E-state index in [0.717, 1.165) is 32.1 Å². The first-order valence-electron chi connectivity index (χ1n) is 9.52. The SMILES string of the molecule is CC(C)C1CCC(O)(CNC2CCCC(O)(C(C)C)C2)C(O)C1. The van der Waals surface area contributed by atoms with Crippen LogP contribution in [0.2, 0.25) is 0 Å². The minimum absolute atomic E-state index is 0.232. The van der Waals surface area contributed by atoms with Gasteiger partial charge in [0.25, 0.3) is 0 Å². The highest BCUT2D eigenvalue weighted by Crippen LogP contribution is 2.37. The van der Waals surface area contributed by atoms with Gasteiger partial charge in [-0.05, 0) is 62.7 Å². The molecule has 2 rings (SSSR count). The number of hydrogen-bond acceptors (Lipinski definition) is 4. The Morgan fingerprint density at radius 1 is 1.09 bits per heavy atom. The van der Waals surface area contributed by atoms with Crippen molar-refractivity contribution in [2.24, 2.45) is 17.8 Å². The lowest BCUT2D eigenvalue weighted by Crippen LogP contribution is -2.57. The molecule has 2 aliphatic rings. The van der Waals surface area contributed by atoms with E-state index in [2.05, 4.69) is 33.0 Å². The molecule has 4 nitrogen and oxygen atoms in total. The standard InChI is InChI=1S/C19H37NO3/c1-13(2)15-7-9-19(23,17(21)10-15)12-20-16-6-5-8-18(22,11-16)14(3)4/h13-17,20-23H,5-12H2,1-4H3. The third kappa shape index (κ3) is 4.47. The van der Waals surface area contributed by atoms with Gasteiger partial charge in [-0.3, -0.25) is 0 Å². The molecule has 0 heterocycles. The van der Waals surface area contributed by atoms with Crippen molar-refractivity contribution >= 4 is 0 Å². The summed E-state index contributed by atoms with van der Waals surface area (Å²) in [5.41, 5.74) is -1.61. The van der Waals surface area contributed by atoms with Crippen molar-refractivity contribution in [2.45, 2.75) is 96.0 Å². The average Bonchev–Trinajstić information content (AvgIpc) is 2.48. The van der Waals surface area contributed by atoms with Gasteiger partial charge in [0.15, 0.2) is 0 Å². The van der Waals surface area contributed by atoms with E-state index < -0.39 is 17.3 Å². The van der Waals surface area contributed by atoms with E-state index in [4.69, 9.17) is 0 Å². The molecule has 0 amide bonds. The molecule has 2 aliphatic carbocycles. The van der Waals surface area contributed by atoms with Gasteiger partial charge in [0, 0.05) is 12.6 Å². The van der Waals surface area contributed by atoms with Gasteiger partial charge in [0.2, 0.25) is 0 Å². The van der Waals surface area contributed by atoms with Gasteiger partial charge < -0.3 is 20.6 Å². The maximum Gasteiger partial charge on any atom is 0.103 e. The predicted octanol–water partition coefficient (Wildman–Crippen LogP) is 2.45. The third-order valence-electron chi connectivity index (χ3n) is 6.57. The molecule has 0 radical (unpaired) electrons. The van der Waals surface area contributed by atoms with Crippen LogP contribution in [0, 0.1) is 17.8 Å². The van der Waals surface area contributed by atoms with E-state index in [0.29, 0.717) is 31.2 Å². The molecular weight excluding hydrogens is 290 g/mol. The monoisotopic (exact) mass is 327 g/mol. The fourth-order valence-electron chi connectivity index (χ4n) is 4.34. The summed E-state index contributed by atoms with van der Waals surface area (Å²) < 4.78 is 0. The minimum Gasteiger partial charge on any atom is -0.390 e. The van der Waals surface area contributed by atoms with Crippen LogP contribution in [0.5, 0.6) is 0 Å². The maximum atomic E-state index is 10.8. The second kappa shape index (κ2) is 7.38. The van der Waals surface area contributed by atoms with Gasteiger partial charge >= 0.3 is 0 Å². The topological polar surface area (TPSA) is 72.7 Å². The minimum atomic E-state index is -1.02. The molecule has 2 saturated carbocycles. The highest BCUT2D eigenvalue weighted by molar-refractivity contribution is 4.97. The molecule has 4 N–H and O–H groups in total. The van der Waals surface area contributed by atoms with Crippen LogP contribution in [0.1, 0.15) is 72.6 Å². The number of aliphatic hydroxyl groups is 3. The molecule has 23 heavy (non-hydrogen) atoms. The molecule has 4 heteroatoms. The summed E-state index contributed by atoms with van der Waals surface area (Å²) in [4.78, 5) is 0. The Kier molecular flexibility index (Phi) is 6.15. The summed E-state index contributed by atoms with van der Waals surface area (Å²) in [5.74, 6) is 1.31. The Labute approximate surface area is 141 Å². The molecule has 0 saturated heterocycles. The van der Waals surface area contributed by atoms with Crippen molar-refractivity contribution in [2.75, 3.05) is 6.54 Å². The van der Waals surface area contributed by atoms with Gasteiger partial charge in [-0.1, -0.05) is 27.7 Å². The van der Waals surface area contributed by atoms with Crippen LogP contribution in [-0.4, -0.2) is 45.2 Å². The molecule has 0 aliphatic heterocycles. The van der Waals surface area contributed by atoms with Crippen LogP contribution in [0.3, 0.4) is 0 Å². The van der Waals surface area contributed by atoms with Gasteiger partial charge in [0.1, 0.15) is 5.60 Å². The van der Waals surface area contributed by atoms with E-state index in [1.54, 1.807) is 0 Å². The molecular formula is C19H37NO3. The summed E-state index contributed by atoms with van der Waals surface area (Å²) in [5, 5.41) is 35.4. The summed E-state index contributed by atoms with van der Waals surface area (Å²) >= 11 is 0. The lowest BCUT2D eigenvalue weighted by atomic mass is 9.72. The molecule has 5 atom stereocenters. The lowest BCUT2D eigenvalue weighted by molar-refractivity contribution is -0.117. The van der Waals surface area contributed by atoms with Gasteiger partial charge in [-0.25, -0.2) is 0 Å². The molecule has 136 valence electrons. The van der Waals surface area contributed by atoms with Crippen LogP contribution in [0.15, 0.2) is 0 Å². The Morgan fingerprint density at radius 3 is 2.35 bits per heavy atom. The number of aliphatic hydroxyl groups excluding tert-OH is 1. The van der Waals surface area contributed by atoms with Crippen molar-refractivity contribution in [1.29, 1.82) is 0 Å². The smallest absolute Gasteiger partial charge is 0.103 e. The molecule has 0 aromatic rings. The zero-order valence-corrected chi connectivity index (χ0v) is 15.4. The van der Waals surface area contributed by atoms with Gasteiger partial charge in [-0.2, -0.15) is 0 Å². The van der Waals surface area contributed by atoms with E-state index in [1.807, 2.05) is 0 Å². The average molecular weight is 328 g/mol. The van der Waals surface area contributed by atoms with Crippen LogP contribution in [-0.2, 0) is 0 Å². The summed E-state index contributed by atoms with van der Waals surface area (Å²) in [7, 11) is 0. The van der Waals surface area contributed by atoms with Crippen LogP contribution < -0.4 is 5.32 Å². The van der Waals surface area contributed by atoms with E-state index >= 15 is 0 Å². The van der Waals surface area contributed by atoms with Gasteiger partial charge in [-0.15, -0.1) is 0 Å². The van der Waals surface area contributed by atoms with Crippen molar-refractivity contribution < 1.29 is 15.3 Å². The Bertz CT molecular complexity index is 387. The van der Waals surface area contributed by atoms with Crippen LogP contribution in [0.4, 0.5) is 0 Å². The summed E-state index contributed by atoms with van der Waals surface area (Å²) in [6, 6.07) is 0.232. The lowest BCUT2D eigenvalue weighted by Gasteiger charge is -2.44. The molecule has 0 spiro atoms. The van der Waals surface area contributed by atoms with Crippen molar-refractivity contribution in [1.82, 2.24) is 5.32 Å². The number of nitrogens with one attached hydrogen (secondary N) is 1. The highest BCUT2D eigenvalue weighted by atomic mass is 16.3. The number of hydrogen-bond donors (Lipinski definition) is 4. The molecule has 0 aromatic carbocycles. The van der Waals surface area contributed by atoms with Crippen LogP contribution >= 0.6 is 0 Å². The highest BCUT2D eigenvalue weighted by Gasteiger charge is 2.43. The summed E-state index contributed by atoms with van der Waals surface area (Å²) in [6.07, 6.45) is 5.34. The molecule has 0 bridgehead atoms. The van der Waals surface area contributed by atoms with Crippen molar-refractivity contribution in [3.05, 3.63) is 0 Å². The largest absolute Gasteiger partial charge is 0.390 e. The van der Waals surface area contributed by atoms with Crippen molar-refractivity contribution in [3.8, 4) is 0 Å². The predicted molar refractivity (Wildman–Crippen MR) is 93.2 cm³/mol. The molecule has 0 aromatic heterocycles. The first kappa shape index (κ1) is 19.2. The Hall–Kier alpha value is -0.160. The Morgan fingerprint density at radius 2 is 1.78 bits per heavy atom. The second-order valence-corrected chi connectivity index (χ2v) is 8.83. The second-order valence-electron chi connectivity index (χ2n) is 8.83. The third-order valence-corrected chi connectivity index (χ3v) is 6.57. The fourth-order valence-corrected chi connectivity index (χ4v) is 4.34. The van der Waals surface area contributed by atoms with Crippen molar-refractivity contribution in [3.63, 3.8) is 0 Å². The van der Waals surface area contributed by atoms with E-state index in [-0.39, 0.29) is 12.0 Å². The van der Waals surface area contributed by atoms with E-state index in [9.17, 15) is 15.3 Å². The first-order valence-corrected chi connectivity index (χ1v) is 9.52. The first-order chi connectivity index (χ1) is 10.7. The number of rotatable bonds is 5. The zero-order chi connectivity index (χ0) is 17.3. The van der Waals surface area contributed by atoms with E-state index in [1.165, 1.54) is 0 Å². The summed E-state index contributed by atoms with van der Waals surface area (Å²) in [6.45, 7) is 8.96. The Balaban J connectivity index is 1.87. The van der Waals surface area contributed by atoms with Gasteiger partial charge in [0.05, 0.1) is 11.7 Å². The maximum absolute atomic E-state index is 10.8. The molecule has 5 unspecified atom stereocenters. The molecule has 2 fully saturated rings. The zero-order valence-electron chi connectivity index (χ0n) is 15.4. The fraction of sp³-hybridized carbons (Fsp3) is 1.00. The normalized spacial score (nSPS) is 42.4. The van der Waals surface area contributed by atoms with Crippen LogP contribution in [0.25, 0.3) is 0 Å². The quantitative estimate of drug-likeness (QED) is 0.626.